The van der Waals surface area contributed by atoms with E-state index in [2.05, 4.69) is 28.5 Å². The average molecular weight is 329 g/mol. The molecule has 0 N–H and O–H groups in total. The van der Waals surface area contributed by atoms with Gasteiger partial charge in [0.1, 0.15) is 6.04 Å². The van der Waals surface area contributed by atoms with Gasteiger partial charge in [-0.25, -0.2) is 0 Å². The molecule has 0 aliphatic carbocycles. The van der Waals surface area contributed by atoms with Gasteiger partial charge in [-0.2, -0.15) is 0 Å². The van der Waals surface area contributed by atoms with Crippen LogP contribution in [0.5, 0.6) is 0 Å². The predicted octanol–water partition coefficient (Wildman–Crippen LogP) is 1.61. The van der Waals surface area contributed by atoms with Crippen LogP contribution < -0.4 is 4.90 Å². The summed E-state index contributed by atoms with van der Waals surface area (Å²) >= 11 is 0. The lowest BCUT2D eigenvalue weighted by molar-refractivity contribution is -0.128. The molecule has 2 fully saturated rings. The van der Waals surface area contributed by atoms with E-state index >= 15 is 0 Å². The molecule has 0 bridgehead atoms. The third-order valence-corrected chi connectivity index (χ3v) is 4.84. The highest BCUT2D eigenvalue weighted by Crippen LogP contribution is 2.24. The first-order valence-corrected chi connectivity index (χ1v) is 8.81. The number of para-hydroxylation sites is 1. The largest absolute Gasteiger partial charge is 0.379 e. The maximum Gasteiger partial charge on any atom is 0.245 e. The fraction of sp³-hybridized carbons (Fsp3) is 0.526. The quantitative estimate of drug-likeness (QED) is 0.712. The Hall–Kier alpha value is -1.85. The van der Waals surface area contributed by atoms with Crippen LogP contribution in [0.2, 0.25) is 0 Å². The van der Waals surface area contributed by atoms with Gasteiger partial charge < -0.3 is 14.5 Å². The summed E-state index contributed by atoms with van der Waals surface area (Å²) in [5.41, 5.74) is 1.13. The Bertz CT molecular complexity index is 543. The van der Waals surface area contributed by atoms with Crippen LogP contribution in [-0.2, 0) is 9.53 Å². The third-order valence-electron chi connectivity index (χ3n) is 4.84. The molecule has 1 unspecified atom stereocenters. The summed E-state index contributed by atoms with van der Waals surface area (Å²) in [6, 6.07) is 10.2. The molecule has 2 heterocycles. The van der Waals surface area contributed by atoms with Gasteiger partial charge in [0, 0.05) is 45.0 Å². The molecule has 5 nitrogen and oxygen atoms in total. The van der Waals surface area contributed by atoms with Crippen molar-refractivity contribution in [3.63, 3.8) is 0 Å². The number of likely N-dealkylation sites (tertiary alicyclic amines) is 1. The van der Waals surface area contributed by atoms with Crippen molar-refractivity contribution in [3.8, 4) is 0 Å². The average Bonchev–Trinajstić information content (AvgIpc) is 2.98. The number of carbonyl (C=O) groups excluding carboxylic acids is 1. The molecule has 2 aliphatic rings. The first kappa shape index (κ1) is 17.0. The normalized spacial score (nSPS) is 21.9. The van der Waals surface area contributed by atoms with Crippen molar-refractivity contribution in [1.29, 1.82) is 0 Å². The van der Waals surface area contributed by atoms with Crippen molar-refractivity contribution in [1.82, 2.24) is 9.80 Å². The molecule has 1 atom stereocenters. The molecule has 130 valence electrons. The standard InChI is InChI=1S/C19H27N3O2/c1-2-9-21-10-8-18(19(21)23)22(17-6-4-3-5-7-17)12-11-20-13-15-24-16-14-20/h2-7,18H,1,8-16H2. The maximum absolute atomic E-state index is 12.8. The zero-order valence-electron chi connectivity index (χ0n) is 14.3. The van der Waals surface area contributed by atoms with Crippen molar-refractivity contribution >= 4 is 11.6 Å². The molecule has 3 rings (SSSR count). The smallest absolute Gasteiger partial charge is 0.245 e. The van der Waals surface area contributed by atoms with Gasteiger partial charge in [-0.15, -0.1) is 6.58 Å². The van der Waals surface area contributed by atoms with Crippen molar-refractivity contribution in [3.05, 3.63) is 43.0 Å². The van der Waals surface area contributed by atoms with E-state index in [0.29, 0.717) is 6.54 Å². The molecule has 0 saturated carbocycles. The lowest BCUT2D eigenvalue weighted by Crippen LogP contribution is -2.47. The molecule has 1 aromatic carbocycles. The lowest BCUT2D eigenvalue weighted by Gasteiger charge is -2.34. The molecule has 5 heteroatoms. The van der Waals surface area contributed by atoms with Gasteiger partial charge in [0.05, 0.1) is 13.2 Å². The van der Waals surface area contributed by atoms with Crippen molar-refractivity contribution in [2.24, 2.45) is 0 Å². The van der Waals surface area contributed by atoms with Gasteiger partial charge in [-0.05, 0) is 18.6 Å². The van der Waals surface area contributed by atoms with Gasteiger partial charge in [0.25, 0.3) is 0 Å². The van der Waals surface area contributed by atoms with Crippen LogP contribution in [0.25, 0.3) is 0 Å². The summed E-state index contributed by atoms with van der Waals surface area (Å²) in [6.07, 6.45) is 2.69. The molecule has 2 aliphatic heterocycles. The van der Waals surface area contributed by atoms with E-state index in [-0.39, 0.29) is 11.9 Å². The Morgan fingerprint density at radius 1 is 1.21 bits per heavy atom. The minimum atomic E-state index is -0.0617. The molecule has 0 radical (unpaired) electrons. The van der Waals surface area contributed by atoms with Crippen LogP contribution in [0.3, 0.4) is 0 Å². The van der Waals surface area contributed by atoms with Gasteiger partial charge in [0.15, 0.2) is 0 Å². The highest BCUT2D eigenvalue weighted by atomic mass is 16.5. The number of rotatable bonds is 7. The maximum atomic E-state index is 12.8. The molecule has 1 aromatic rings. The number of ether oxygens (including phenoxy) is 1. The van der Waals surface area contributed by atoms with Crippen LogP contribution in [-0.4, -0.2) is 74.2 Å². The molecule has 0 spiro atoms. The van der Waals surface area contributed by atoms with Crippen molar-refractivity contribution in [2.45, 2.75) is 12.5 Å². The van der Waals surface area contributed by atoms with Crippen molar-refractivity contribution < 1.29 is 9.53 Å². The highest BCUT2D eigenvalue weighted by Gasteiger charge is 2.35. The molecular formula is C19H27N3O2. The number of benzene rings is 1. The summed E-state index contributed by atoms with van der Waals surface area (Å²) < 4.78 is 5.42. The Balaban J connectivity index is 1.70. The van der Waals surface area contributed by atoms with E-state index in [1.807, 2.05) is 23.1 Å². The predicted molar refractivity (Wildman–Crippen MR) is 96.2 cm³/mol. The van der Waals surface area contributed by atoms with Gasteiger partial charge in [-0.3, -0.25) is 9.69 Å². The minimum Gasteiger partial charge on any atom is -0.379 e. The van der Waals surface area contributed by atoms with Crippen LogP contribution in [0.15, 0.2) is 43.0 Å². The van der Waals surface area contributed by atoms with E-state index in [4.69, 9.17) is 4.74 Å². The van der Waals surface area contributed by atoms with Gasteiger partial charge in [-0.1, -0.05) is 24.3 Å². The van der Waals surface area contributed by atoms with Gasteiger partial charge in [0.2, 0.25) is 5.91 Å². The molecule has 2 saturated heterocycles. The Morgan fingerprint density at radius 3 is 2.67 bits per heavy atom. The Morgan fingerprint density at radius 2 is 1.96 bits per heavy atom. The van der Waals surface area contributed by atoms with E-state index in [1.54, 1.807) is 6.08 Å². The highest BCUT2D eigenvalue weighted by molar-refractivity contribution is 5.87. The van der Waals surface area contributed by atoms with E-state index in [1.165, 1.54) is 0 Å². The number of anilines is 1. The SMILES string of the molecule is C=CCN1CCC(N(CCN2CCOCC2)c2ccccc2)C1=O. The second kappa shape index (κ2) is 8.31. The summed E-state index contributed by atoms with van der Waals surface area (Å²) in [6.45, 7) is 10.6. The third kappa shape index (κ3) is 3.97. The number of amides is 1. The van der Waals surface area contributed by atoms with Crippen LogP contribution in [0.1, 0.15) is 6.42 Å². The number of carbonyl (C=O) groups is 1. The summed E-state index contributed by atoms with van der Waals surface area (Å²) in [4.78, 5) is 19.4. The number of hydrogen-bond acceptors (Lipinski definition) is 4. The summed E-state index contributed by atoms with van der Waals surface area (Å²) in [5, 5.41) is 0. The number of nitrogens with zero attached hydrogens (tertiary/aromatic N) is 3. The Kier molecular flexibility index (Phi) is 5.88. The van der Waals surface area contributed by atoms with Gasteiger partial charge >= 0.3 is 0 Å². The molecule has 24 heavy (non-hydrogen) atoms. The topological polar surface area (TPSA) is 36.0 Å². The zero-order chi connectivity index (χ0) is 16.8. The monoisotopic (exact) mass is 329 g/mol. The van der Waals surface area contributed by atoms with Crippen LogP contribution in [0.4, 0.5) is 5.69 Å². The van der Waals surface area contributed by atoms with E-state index < -0.39 is 0 Å². The molecule has 1 amide bonds. The first-order valence-electron chi connectivity index (χ1n) is 8.81. The number of morpholine rings is 1. The second-order valence-electron chi connectivity index (χ2n) is 6.36. The fourth-order valence-corrected chi connectivity index (χ4v) is 3.51. The lowest BCUT2D eigenvalue weighted by atomic mass is 10.1. The first-order chi connectivity index (χ1) is 11.8. The van der Waals surface area contributed by atoms with Crippen molar-refractivity contribution in [2.75, 3.05) is 57.4 Å². The Labute approximate surface area is 144 Å². The second-order valence-corrected chi connectivity index (χ2v) is 6.36. The molecular weight excluding hydrogens is 302 g/mol. The summed E-state index contributed by atoms with van der Waals surface area (Å²) in [7, 11) is 0. The zero-order valence-corrected chi connectivity index (χ0v) is 14.3. The molecule has 0 aromatic heterocycles. The summed E-state index contributed by atoms with van der Waals surface area (Å²) in [5.74, 6) is 0.223. The van der Waals surface area contributed by atoms with E-state index in [0.717, 1.165) is 58.0 Å². The van der Waals surface area contributed by atoms with Crippen LogP contribution in [0, 0.1) is 0 Å². The van der Waals surface area contributed by atoms with E-state index in [9.17, 15) is 4.79 Å². The van der Waals surface area contributed by atoms with Crippen LogP contribution >= 0.6 is 0 Å². The minimum absolute atomic E-state index is 0.0617. The number of hydrogen-bond donors (Lipinski definition) is 0. The fourth-order valence-electron chi connectivity index (χ4n) is 3.51.